The molecule has 0 saturated heterocycles. The van der Waals surface area contributed by atoms with Gasteiger partial charge in [-0.1, -0.05) is 48.0 Å². The Hall–Kier alpha value is -1.73. The third-order valence-electron chi connectivity index (χ3n) is 4.04. The Morgan fingerprint density at radius 2 is 1.69 bits per heavy atom. The van der Waals surface area contributed by atoms with Crippen LogP contribution in [0.4, 0.5) is 0 Å². The summed E-state index contributed by atoms with van der Waals surface area (Å²) in [6.45, 7) is 4.39. The van der Waals surface area contributed by atoms with Gasteiger partial charge in [-0.05, 0) is 44.4 Å². The second kappa shape index (κ2) is 9.83. The largest absolute Gasteiger partial charge is 0.391 e. The van der Waals surface area contributed by atoms with Crippen LogP contribution in [0.3, 0.4) is 0 Å². The molecule has 0 unspecified atom stereocenters. The van der Waals surface area contributed by atoms with E-state index in [0.29, 0.717) is 19.4 Å². The molecule has 0 spiro atoms. The summed E-state index contributed by atoms with van der Waals surface area (Å²) >= 11 is 0. The van der Waals surface area contributed by atoms with Gasteiger partial charge in [-0.3, -0.25) is 0 Å². The number of ether oxygens (including phenoxy) is 1. The van der Waals surface area contributed by atoms with Gasteiger partial charge in [-0.25, -0.2) is 13.1 Å². The molecule has 2 N–H and O–H groups in total. The van der Waals surface area contributed by atoms with E-state index in [1.807, 2.05) is 37.3 Å². The molecule has 2 atom stereocenters. The van der Waals surface area contributed by atoms with E-state index in [0.717, 1.165) is 11.1 Å². The number of rotatable bonds is 10. The van der Waals surface area contributed by atoms with Crippen LogP contribution < -0.4 is 4.72 Å². The molecule has 0 aliphatic carbocycles. The lowest BCUT2D eigenvalue weighted by Crippen LogP contribution is -2.33. The Balaban J connectivity index is 1.71. The molecular formula is C20H27NO4S. The molecule has 0 heterocycles. The van der Waals surface area contributed by atoms with Crippen molar-refractivity contribution in [1.82, 2.24) is 4.72 Å². The van der Waals surface area contributed by atoms with Gasteiger partial charge >= 0.3 is 0 Å². The molecule has 142 valence electrons. The van der Waals surface area contributed by atoms with Crippen molar-refractivity contribution >= 4 is 10.0 Å². The minimum Gasteiger partial charge on any atom is -0.391 e. The van der Waals surface area contributed by atoms with Crippen molar-refractivity contribution in [2.45, 2.75) is 50.3 Å². The van der Waals surface area contributed by atoms with Gasteiger partial charge in [0.25, 0.3) is 0 Å². The normalized spacial score (nSPS) is 14.1. The van der Waals surface area contributed by atoms with Crippen LogP contribution in [-0.2, 0) is 21.4 Å². The second-order valence-electron chi connectivity index (χ2n) is 6.57. The van der Waals surface area contributed by atoms with Crippen LogP contribution in [0.15, 0.2) is 59.5 Å². The van der Waals surface area contributed by atoms with Gasteiger partial charge in [0, 0.05) is 6.04 Å². The zero-order chi connectivity index (χ0) is 19.0. The molecule has 2 rings (SSSR count). The molecule has 0 aliphatic heterocycles. The molecule has 26 heavy (non-hydrogen) atoms. The highest BCUT2D eigenvalue weighted by Gasteiger charge is 2.18. The lowest BCUT2D eigenvalue weighted by Gasteiger charge is -2.17. The number of sulfonamides is 1. The van der Waals surface area contributed by atoms with E-state index < -0.39 is 16.1 Å². The van der Waals surface area contributed by atoms with Gasteiger partial charge < -0.3 is 9.84 Å². The predicted octanol–water partition coefficient (Wildman–Crippen LogP) is 3.02. The SMILES string of the molecule is Cc1ccc(S(=O)(=O)N[C@H](C)CC[C@@H](O)COCc2ccccc2)cc1. The monoisotopic (exact) mass is 377 g/mol. The van der Waals surface area contributed by atoms with Crippen LogP contribution in [0.2, 0.25) is 0 Å². The molecule has 0 radical (unpaired) electrons. The van der Waals surface area contributed by atoms with Crippen LogP contribution in [0.5, 0.6) is 0 Å². The molecule has 0 aliphatic rings. The zero-order valence-corrected chi connectivity index (χ0v) is 16.1. The molecule has 0 amide bonds. The van der Waals surface area contributed by atoms with E-state index >= 15 is 0 Å². The van der Waals surface area contributed by atoms with E-state index in [-0.39, 0.29) is 17.5 Å². The first-order valence-electron chi connectivity index (χ1n) is 8.75. The van der Waals surface area contributed by atoms with Gasteiger partial charge in [0.15, 0.2) is 0 Å². The lowest BCUT2D eigenvalue weighted by atomic mass is 10.1. The molecule has 0 bridgehead atoms. The fourth-order valence-electron chi connectivity index (χ4n) is 2.52. The minimum atomic E-state index is -3.54. The standard InChI is InChI=1S/C20H27NO4S/c1-16-8-12-20(13-9-16)26(23,24)21-17(2)10-11-19(22)15-25-14-18-6-4-3-5-7-18/h3-9,12-13,17,19,21-22H,10-11,14-15H2,1-2H3/t17-,19-/m1/s1. The van der Waals surface area contributed by atoms with Crippen molar-refractivity contribution in [2.75, 3.05) is 6.61 Å². The number of benzene rings is 2. The smallest absolute Gasteiger partial charge is 0.240 e. The van der Waals surface area contributed by atoms with Crippen molar-refractivity contribution in [3.63, 3.8) is 0 Å². The maximum atomic E-state index is 12.3. The average Bonchev–Trinajstić information content (AvgIpc) is 2.61. The maximum absolute atomic E-state index is 12.3. The molecule has 0 aromatic heterocycles. The summed E-state index contributed by atoms with van der Waals surface area (Å²) in [7, 11) is -3.54. The third-order valence-corrected chi connectivity index (χ3v) is 5.65. The van der Waals surface area contributed by atoms with E-state index in [1.165, 1.54) is 0 Å². The number of nitrogens with one attached hydrogen (secondary N) is 1. The van der Waals surface area contributed by atoms with Gasteiger partial charge in [-0.2, -0.15) is 0 Å². The number of hydrogen-bond acceptors (Lipinski definition) is 4. The van der Waals surface area contributed by atoms with Crippen LogP contribution in [-0.4, -0.2) is 32.3 Å². The Labute approximate surface area is 156 Å². The number of hydrogen-bond donors (Lipinski definition) is 2. The molecule has 2 aromatic rings. The van der Waals surface area contributed by atoms with Gasteiger partial charge in [0.1, 0.15) is 0 Å². The molecular weight excluding hydrogens is 350 g/mol. The second-order valence-corrected chi connectivity index (χ2v) is 8.28. The minimum absolute atomic E-state index is 0.228. The third kappa shape index (κ3) is 6.88. The van der Waals surface area contributed by atoms with Crippen LogP contribution in [0, 0.1) is 6.92 Å². The van der Waals surface area contributed by atoms with Gasteiger partial charge in [0.2, 0.25) is 10.0 Å². The highest BCUT2D eigenvalue weighted by Crippen LogP contribution is 2.12. The molecule has 6 heteroatoms. The van der Waals surface area contributed by atoms with E-state index in [1.54, 1.807) is 31.2 Å². The van der Waals surface area contributed by atoms with Crippen molar-refractivity contribution in [3.05, 3.63) is 65.7 Å². The first-order chi connectivity index (χ1) is 12.4. The summed E-state index contributed by atoms with van der Waals surface area (Å²) in [5, 5.41) is 10.0. The Morgan fingerprint density at radius 3 is 2.35 bits per heavy atom. The van der Waals surface area contributed by atoms with Gasteiger partial charge in [-0.15, -0.1) is 0 Å². The van der Waals surface area contributed by atoms with E-state index in [4.69, 9.17) is 4.74 Å². The summed E-state index contributed by atoms with van der Waals surface area (Å²) in [5.74, 6) is 0. The number of aliphatic hydroxyl groups excluding tert-OH is 1. The summed E-state index contributed by atoms with van der Waals surface area (Å²) in [5.41, 5.74) is 2.06. The summed E-state index contributed by atoms with van der Waals surface area (Å²) < 4.78 is 32.8. The highest BCUT2D eigenvalue weighted by molar-refractivity contribution is 7.89. The van der Waals surface area contributed by atoms with Crippen LogP contribution >= 0.6 is 0 Å². The topological polar surface area (TPSA) is 75.6 Å². The van der Waals surface area contributed by atoms with Crippen molar-refractivity contribution in [1.29, 1.82) is 0 Å². The molecule has 5 nitrogen and oxygen atoms in total. The zero-order valence-electron chi connectivity index (χ0n) is 15.3. The molecule has 0 fully saturated rings. The first kappa shape index (κ1) is 20.6. The maximum Gasteiger partial charge on any atom is 0.240 e. The van der Waals surface area contributed by atoms with Crippen molar-refractivity contribution < 1.29 is 18.3 Å². The fraction of sp³-hybridized carbons (Fsp3) is 0.400. The summed E-state index contributed by atoms with van der Waals surface area (Å²) in [6, 6.07) is 16.2. The molecule has 2 aromatic carbocycles. The van der Waals surface area contributed by atoms with E-state index in [2.05, 4.69) is 4.72 Å². The van der Waals surface area contributed by atoms with Crippen molar-refractivity contribution in [2.24, 2.45) is 0 Å². The molecule has 0 saturated carbocycles. The van der Waals surface area contributed by atoms with E-state index in [9.17, 15) is 13.5 Å². The van der Waals surface area contributed by atoms with Gasteiger partial charge in [0.05, 0.1) is 24.2 Å². The lowest BCUT2D eigenvalue weighted by molar-refractivity contribution is 0.0229. The predicted molar refractivity (Wildman–Crippen MR) is 102 cm³/mol. The van der Waals surface area contributed by atoms with Crippen LogP contribution in [0.1, 0.15) is 30.9 Å². The highest BCUT2D eigenvalue weighted by atomic mass is 32.2. The summed E-state index contributed by atoms with van der Waals surface area (Å²) in [6.07, 6.45) is 0.373. The number of aliphatic hydroxyl groups is 1. The Morgan fingerprint density at radius 1 is 1.04 bits per heavy atom. The number of aryl methyl sites for hydroxylation is 1. The Kier molecular flexibility index (Phi) is 7.78. The first-order valence-corrected chi connectivity index (χ1v) is 10.2. The Bertz CT molecular complexity index is 760. The van der Waals surface area contributed by atoms with Crippen molar-refractivity contribution in [3.8, 4) is 0 Å². The fourth-order valence-corrected chi connectivity index (χ4v) is 3.80. The van der Waals surface area contributed by atoms with Crippen LogP contribution in [0.25, 0.3) is 0 Å². The quantitative estimate of drug-likeness (QED) is 0.667. The average molecular weight is 378 g/mol. The summed E-state index contributed by atoms with van der Waals surface area (Å²) in [4.78, 5) is 0.252.